The van der Waals surface area contributed by atoms with Gasteiger partial charge in [-0.25, -0.2) is 4.79 Å². The Morgan fingerprint density at radius 1 is 0.867 bits per heavy atom. The smallest absolute Gasteiger partial charge is 0.343 e. The van der Waals surface area contributed by atoms with Gasteiger partial charge >= 0.3 is 5.97 Å². The van der Waals surface area contributed by atoms with Gasteiger partial charge in [-0.2, -0.15) is 0 Å². The number of carbonyl (C=O) groups is 2. The number of carbonyl (C=O) groups excluding carboxylic acids is 2. The van der Waals surface area contributed by atoms with Gasteiger partial charge < -0.3 is 14.4 Å². The second-order valence-electron chi connectivity index (χ2n) is 6.80. The molecule has 3 rings (SSSR count). The molecular weight excluding hydrogens is 378 g/mol. The van der Waals surface area contributed by atoms with E-state index in [0.29, 0.717) is 16.9 Å². The van der Waals surface area contributed by atoms with Crippen LogP contribution in [0.15, 0.2) is 78.9 Å². The van der Waals surface area contributed by atoms with E-state index in [9.17, 15) is 9.59 Å². The third-order valence-electron chi connectivity index (χ3n) is 4.52. The molecule has 5 heteroatoms. The maximum absolute atomic E-state index is 12.7. The summed E-state index contributed by atoms with van der Waals surface area (Å²) in [7, 11) is 5.50. The number of esters is 1. The summed E-state index contributed by atoms with van der Waals surface area (Å²) < 4.78 is 10.6. The Morgan fingerprint density at radius 3 is 2.17 bits per heavy atom. The molecule has 0 saturated heterocycles. The molecular formula is C25H23NO4. The van der Waals surface area contributed by atoms with Crippen molar-refractivity contribution >= 4 is 23.5 Å². The second kappa shape index (κ2) is 9.56. The average molecular weight is 401 g/mol. The first kappa shape index (κ1) is 20.9. The highest BCUT2D eigenvalue weighted by Crippen LogP contribution is 2.22. The summed E-state index contributed by atoms with van der Waals surface area (Å²) in [5, 5.41) is 0. The number of ketones is 1. The summed E-state index contributed by atoms with van der Waals surface area (Å²) in [4.78, 5) is 27.2. The molecule has 0 aliphatic rings. The van der Waals surface area contributed by atoms with Gasteiger partial charge in [0.05, 0.1) is 18.2 Å². The van der Waals surface area contributed by atoms with Gasteiger partial charge in [0.15, 0.2) is 5.78 Å². The summed E-state index contributed by atoms with van der Waals surface area (Å²) in [6, 6.07) is 21.1. The van der Waals surface area contributed by atoms with Crippen molar-refractivity contribution < 1.29 is 19.1 Å². The molecule has 0 aromatic heterocycles. The summed E-state index contributed by atoms with van der Waals surface area (Å²) in [6.45, 7) is 0. The third kappa shape index (κ3) is 5.14. The first-order valence-electron chi connectivity index (χ1n) is 9.43. The topological polar surface area (TPSA) is 55.8 Å². The van der Waals surface area contributed by atoms with Crippen LogP contribution in [-0.4, -0.2) is 33.0 Å². The summed E-state index contributed by atoms with van der Waals surface area (Å²) >= 11 is 0. The second-order valence-corrected chi connectivity index (χ2v) is 6.80. The zero-order chi connectivity index (χ0) is 21.5. The molecule has 152 valence electrons. The molecule has 0 N–H and O–H groups in total. The van der Waals surface area contributed by atoms with Crippen molar-refractivity contribution in [1.82, 2.24) is 0 Å². The Balaban J connectivity index is 1.74. The van der Waals surface area contributed by atoms with Crippen molar-refractivity contribution in [2.24, 2.45) is 0 Å². The van der Waals surface area contributed by atoms with E-state index >= 15 is 0 Å². The van der Waals surface area contributed by atoms with Gasteiger partial charge in [-0.1, -0.05) is 30.3 Å². The number of allylic oxidation sites excluding steroid dienone is 1. The molecule has 0 heterocycles. The standard InChI is InChI=1S/C25H23NO4/c1-26(2)20-13-8-18(9-14-20)10-17-23(27)22-6-4-5-7-24(22)30-25(28)19-11-15-21(29-3)16-12-19/h4-17H,1-3H3/b17-10+. The predicted molar refractivity (Wildman–Crippen MR) is 119 cm³/mol. The van der Waals surface area contributed by atoms with Crippen LogP contribution in [0, 0.1) is 0 Å². The highest BCUT2D eigenvalue weighted by Gasteiger charge is 2.15. The summed E-state index contributed by atoms with van der Waals surface area (Å²) in [5.74, 6) is 0.0766. The fraction of sp³-hybridized carbons (Fsp3) is 0.120. The molecule has 0 saturated carbocycles. The van der Waals surface area contributed by atoms with E-state index in [1.165, 1.54) is 6.08 Å². The van der Waals surface area contributed by atoms with Gasteiger partial charge in [0.1, 0.15) is 11.5 Å². The number of hydrogen-bond donors (Lipinski definition) is 0. The van der Waals surface area contributed by atoms with Gasteiger partial charge in [0, 0.05) is 19.8 Å². The molecule has 0 atom stereocenters. The van der Waals surface area contributed by atoms with Crippen molar-refractivity contribution in [2.75, 3.05) is 26.1 Å². The Morgan fingerprint density at radius 2 is 1.53 bits per heavy atom. The van der Waals surface area contributed by atoms with Crippen LogP contribution in [0.1, 0.15) is 26.3 Å². The fourth-order valence-electron chi connectivity index (χ4n) is 2.79. The highest BCUT2D eigenvalue weighted by molar-refractivity contribution is 6.09. The lowest BCUT2D eigenvalue weighted by Gasteiger charge is -2.11. The van der Waals surface area contributed by atoms with E-state index in [-0.39, 0.29) is 11.5 Å². The molecule has 0 amide bonds. The first-order chi connectivity index (χ1) is 14.5. The Hall–Kier alpha value is -3.86. The average Bonchev–Trinajstić information content (AvgIpc) is 2.78. The zero-order valence-corrected chi connectivity index (χ0v) is 17.2. The number of nitrogens with zero attached hydrogens (tertiary/aromatic N) is 1. The number of ether oxygens (including phenoxy) is 2. The molecule has 0 aliphatic heterocycles. The van der Waals surface area contributed by atoms with Crippen LogP contribution in [-0.2, 0) is 0 Å². The fourth-order valence-corrected chi connectivity index (χ4v) is 2.79. The molecule has 0 bridgehead atoms. The SMILES string of the molecule is COc1ccc(C(=O)Oc2ccccc2C(=O)/C=C/c2ccc(N(C)C)cc2)cc1. The number of benzene rings is 3. The minimum absolute atomic E-state index is 0.218. The van der Waals surface area contributed by atoms with Crippen molar-refractivity contribution in [3.05, 3.63) is 95.6 Å². The molecule has 0 aliphatic carbocycles. The largest absolute Gasteiger partial charge is 0.497 e. The molecule has 3 aromatic rings. The predicted octanol–water partition coefficient (Wildman–Crippen LogP) is 4.88. The number of rotatable bonds is 7. The monoisotopic (exact) mass is 401 g/mol. The highest BCUT2D eigenvalue weighted by atomic mass is 16.5. The molecule has 0 unspecified atom stereocenters. The lowest BCUT2D eigenvalue weighted by Crippen LogP contribution is -2.11. The summed E-state index contributed by atoms with van der Waals surface area (Å²) in [5.41, 5.74) is 2.67. The minimum Gasteiger partial charge on any atom is -0.497 e. The zero-order valence-electron chi connectivity index (χ0n) is 17.2. The van der Waals surface area contributed by atoms with E-state index in [4.69, 9.17) is 9.47 Å². The Labute approximate surface area is 176 Å². The molecule has 0 radical (unpaired) electrons. The van der Waals surface area contributed by atoms with Gasteiger partial charge in [-0.05, 0) is 60.2 Å². The number of anilines is 1. The van der Waals surface area contributed by atoms with Gasteiger partial charge in [0.25, 0.3) is 0 Å². The number of hydrogen-bond acceptors (Lipinski definition) is 5. The van der Waals surface area contributed by atoms with E-state index < -0.39 is 5.97 Å². The van der Waals surface area contributed by atoms with Gasteiger partial charge in [-0.3, -0.25) is 4.79 Å². The van der Waals surface area contributed by atoms with Crippen LogP contribution in [0.5, 0.6) is 11.5 Å². The van der Waals surface area contributed by atoms with Crippen LogP contribution in [0.2, 0.25) is 0 Å². The van der Waals surface area contributed by atoms with Gasteiger partial charge in [0.2, 0.25) is 0 Å². The minimum atomic E-state index is -0.541. The first-order valence-corrected chi connectivity index (χ1v) is 9.43. The van der Waals surface area contributed by atoms with Crippen molar-refractivity contribution in [3.8, 4) is 11.5 Å². The Bertz CT molecular complexity index is 1050. The lowest BCUT2D eigenvalue weighted by atomic mass is 10.1. The summed E-state index contributed by atoms with van der Waals surface area (Å²) in [6.07, 6.45) is 3.22. The van der Waals surface area contributed by atoms with Crippen molar-refractivity contribution in [1.29, 1.82) is 0 Å². The van der Waals surface area contributed by atoms with E-state index in [1.807, 2.05) is 43.3 Å². The van der Waals surface area contributed by atoms with Crippen LogP contribution in [0.25, 0.3) is 6.08 Å². The molecule has 0 spiro atoms. The maximum atomic E-state index is 12.7. The molecule has 5 nitrogen and oxygen atoms in total. The third-order valence-corrected chi connectivity index (χ3v) is 4.52. The van der Waals surface area contributed by atoms with Crippen LogP contribution in [0.3, 0.4) is 0 Å². The van der Waals surface area contributed by atoms with Crippen molar-refractivity contribution in [3.63, 3.8) is 0 Å². The number of para-hydroxylation sites is 1. The van der Waals surface area contributed by atoms with Crippen LogP contribution >= 0.6 is 0 Å². The Kier molecular flexibility index (Phi) is 6.65. The van der Waals surface area contributed by atoms with E-state index in [1.54, 1.807) is 61.7 Å². The number of methoxy groups -OCH3 is 1. The lowest BCUT2D eigenvalue weighted by molar-refractivity contribution is 0.0733. The van der Waals surface area contributed by atoms with E-state index in [0.717, 1.165) is 11.3 Å². The molecule has 30 heavy (non-hydrogen) atoms. The maximum Gasteiger partial charge on any atom is 0.343 e. The normalized spacial score (nSPS) is 10.6. The van der Waals surface area contributed by atoms with Gasteiger partial charge in [-0.15, -0.1) is 0 Å². The van der Waals surface area contributed by atoms with Crippen LogP contribution in [0.4, 0.5) is 5.69 Å². The van der Waals surface area contributed by atoms with Crippen LogP contribution < -0.4 is 14.4 Å². The molecule has 0 fully saturated rings. The van der Waals surface area contributed by atoms with E-state index in [2.05, 4.69) is 0 Å². The molecule has 3 aromatic carbocycles. The van der Waals surface area contributed by atoms with Crippen molar-refractivity contribution in [2.45, 2.75) is 0 Å². The quantitative estimate of drug-likeness (QED) is 0.245.